The van der Waals surface area contributed by atoms with Crippen LogP contribution in [0, 0.1) is 17.8 Å². The average molecular weight is 242 g/mol. The topological polar surface area (TPSA) is 29.5 Å². The summed E-state index contributed by atoms with van der Waals surface area (Å²) in [6.07, 6.45) is 6.00. The SMILES string of the molecule is CCOC(C(C)C)C(O)C1CCCCC1CC. The Morgan fingerprint density at radius 3 is 2.35 bits per heavy atom. The number of hydrogen-bond acceptors (Lipinski definition) is 2. The Kier molecular flexibility index (Phi) is 6.50. The molecule has 102 valence electrons. The zero-order chi connectivity index (χ0) is 12.8. The maximum absolute atomic E-state index is 10.6. The van der Waals surface area contributed by atoms with E-state index in [1.54, 1.807) is 0 Å². The van der Waals surface area contributed by atoms with E-state index in [1.165, 1.54) is 32.1 Å². The molecule has 0 amide bonds. The van der Waals surface area contributed by atoms with Gasteiger partial charge in [-0.3, -0.25) is 0 Å². The summed E-state index contributed by atoms with van der Waals surface area (Å²) >= 11 is 0. The molecule has 0 heterocycles. The molecule has 0 aliphatic heterocycles. The van der Waals surface area contributed by atoms with Gasteiger partial charge in [0.2, 0.25) is 0 Å². The first-order valence-electron chi connectivity index (χ1n) is 7.41. The molecule has 0 radical (unpaired) electrons. The second-order valence-corrected chi connectivity index (χ2v) is 5.77. The molecular weight excluding hydrogens is 212 g/mol. The van der Waals surface area contributed by atoms with E-state index in [9.17, 15) is 5.11 Å². The molecule has 1 N–H and O–H groups in total. The van der Waals surface area contributed by atoms with Crippen LogP contribution in [0.15, 0.2) is 0 Å². The van der Waals surface area contributed by atoms with Gasteiger partial charge in [0.15, 0.2) is 0 Å². The summed E-state index contributed by atoms with van der Waals surface area (Å²) in [5.74, 6) is 1.54. The molecule has 4 atom stereocenters. The van der Waals surface area contributed by atoms with E-state index in [1.807, 2.05) is 6.92 Å². The summed E-state index contributed by atoms with van der Waals surface area (Å²) in [5.41, 5.74) is 0. The Hall–Kier alpha value is -0.0800. The van der Waals surface area contributed by atoms with Crippen LogP contribution in [-0.4, -0.2) is 23.9 Å². The van der Waals surface area contributed by atoms with E-state index >= 15 is 0 Å². The molecule has 0 spiro atoms. The lowest BCUT2D eigenvalue weighted by Gasteiger charge is -2.38. The minimum absolute atomic E-state index is 0.0112. The lowest BCUT2D eigenvalue weighted by Crippen LogP contribution is -2.43. The van der Waals surface area contributed by atoms with E-state index in [2.05, 4.69) is 20.8 Å². The third-order valence-corrected chi connectivity index (χ3v) is 4.28. The van der Waals surface area contributed by atoms with Gasteiger partial charge in [-0.2, -0.15) is 0 Å². The van der Waals surface area contributed by atoms with Gasteiger partial charge in [0.05, 0.1) is 12.2 Å². The molecule has 2 nitrogen and oxygen atoms in total. The maximum atomic E-state index is 10.6. The van der Waals surface area contributed by atoms with Gasteiger partial charge in [0.1, 0.15) is 0 Å². The van der Waals surface area contributed by atoms with Crippen LogP contribution in [0.5, 0.6) is 0 Å². The Morgan fingerprint density at radius 2 is 1.82 bits per heavy atom. The van der Waals surface area contributed by atoms with E-state index in [0.29, 0.717) is 24.4 Å². The van der Waals surface area contributed by atoms with Crippen LogP contribution < -0.4 is 0 Å². The lowest BCUT2D eigenvalue weighted by atomic mass is 9.72. The summed E-state index contributed by atoms with van der Waals surface area (Å²) in [7, 11) is 0. The molecule has 1 rings (SSSR count). The lowest BCUT2D eigenvalue weighted by molar-refractivity contribution is -0.0967. The number of hydrogen-bond donors (Lipinski definition) is 1. The molecular formula is C15H30O2. The quantitative estimate of drug-likeness (QED) is 0.771. The number of ether oxygens (including phenoxy) is 1. The predicted octanol–water partition coefficient (Wildman–Crippen LogP) is 3.62. The molecule has 1 fully saturated rings. The molecule has 4 unspecified atom stereocenters. The summed E-state index contributed by atoms with van der Waals surface area (Å²) in [6, 6.07) is 0. The summed E-state index contributed by atoms with van der Waals surface area (Å²) in [4.78, 5) is 0. The van der Waals surface area contributed by atoms with Gasteiger partial charge in [0, 0.05) is 6.61 Å². The van der Waals surface area contributed by atoms with E-state index in [-0.39, 0.29) is 12.2 Å². The molecule has 0 bridgehead atoms. The van der Waals surface area contributed by atoms with Gasteiger partial charge in [-0.1, -0.05) is 46.5 Å². The van der Waals surface area contributed by atoms with E-state index in [4.69, 9.17) is 4.74 Å². The van der Waals surface area contributed by atoms with Crippen LogP contribution in [0.1, 0.15) is 59.8 Å². The van der Waals surface area contributed by atoms with Crippen molar-refractivity contribution in [2.45, 2.75) is 72.0 Å². The summed E-state index contributed by atoms with van der Waals surface area (Å²) in [5, 5.41) is 10.6. The molecule has 17 heavy (non-hydrogen) atoms. The van der Waals surface area contributed by atoms with Crippen LogP contribution in [0.3, 0.4) is 0 Å². The molecule has 1 aliphatic carbocycles. The van der Waals surface area contributed by atoms with Crippen molar-refractivity contribution in [3.63, 3.8) is 0 Å². The van der Waals surface area contributed by atoms with Crippen molar-refractivity contribution in [2.75, 3.05) is 6.61 Å². The third kappa shape index (κ3) is 3.96. The molecule has 0 aromatic rings. The molecule has 1 saturated carbocycles. The highest BCUT2D eigenvalue weighted by Crippen LogP contribution is 2.36. The first-order valence-corrected chi connectivity index (χ1v) is 7.41. The van der Waals surface area contributed by atoms with Gasteiger partial charge >= 0.3 is 0 Å². The smallest absolute Gasteiger partial charge is 0.0859 e. The fourth-order valence-corrected chi connectivity index (χ4v) is 3.31. The first-order chi connectivity index (χ1) is 8.11. The Balaban J connectivity index is 2.66. The van der Waals surface area contributed by atoms with E-state index in [0.717, 1.165) is 0 Å². The fraction of sp³-hybridized carbons (Fsp3) is 1.00. The first kappa shape index (κ1) is 15.0. The van der Waals surface area contributed by atoms with Crippen LogP contribution in [0.4, 0.5) is 0 Å². The van der Waals surface area contributed by atoms with Crippen LogP contribution in [0.25, 0.3) is 0 Å². The zero-order valence-electron chi connectivity index (χ0n) is 12.0. The minimum atomic E-state index is -0.278. The molecule has 0 aromatic carbocycles. The molecule has 1 aliphatic rings. The maximum Gasteiger partial charge on any atom is 0.0859 e. The summed E-state index contributed by atoms with van der Waals surface area (Å²) in [6.45, 7) is 9.26. The fourth-order valence-electron chi connectivity index (χ4n) is 3.31. The van der Waals surface area contributed by atoms with Crippen molar-refractivity contribution in [2.24, 2.45) is 17.8 Å². The van der Waals surface area contributed by atoms with Crippen molar-refractivity contribution in [3.8, 4) is 0 Å². The third-order valence-electron chi connectivity index (χ3n) is 4.28. The van der Waals surface area contributed by atoms with Crippen molar-refractivity contribution < 1.29 is 9.84 Å². The van der Waals surface area contributed by atoms with Crippen molar-refractivity contribution >= 4 is 0 Å². The molecule has 0 saturated heterocycles. The van der Waals surface area contributed by atoms with Crippen LogP contribution in [-0.2, 0) is 4.74 Å². The van der Waals surface area contributed by atoms with Crippen LogP contribution in [0.2, 0.25) is 0 Å². The standard InChI is InChI=1S/C15H30O2/c1-5-12-9-7-8-10-13(12)14(16)15(11(3)4)17-6-2/h11-16H,5-10H2,1-4H3. The second kappa shape index (κ2) is 7.38. The van der Waals surface area contributed by atoms with Gasteiger partial charge in [-0.25, -0.2) is 0 Å². The van der Waals surface area contributed by atoms with Crippen molar-refractivity contribution in [3.05, 3.63) is 0 Å². The number of rotatable bonds is 6. The number of aliphatic hydroxyl groups excluding tert-OH is 1. The number of aliphatic hydroxyl groups is 1. The highest BCUT2D eigenvalue weighted by atomic mass is 16.5. The van der Waals surface area contributed by atoms with Crippen LogP contribution >= 0.6 is 0 Å². The van der Waals surface area contributed by atoms with Gasteiger partial charge < -0.3 is 9.84 Å². The average Bonchev–Trinajstić information content (AvgIpc) is 2.34. The van der Waals surface area contributed by atoms with Gasteiger partial charge in [-0.05, 0) is 31.1 Å². The minimum Gasteiger partial charge on any atom is -0.390 e. The Bertz CT molecular complexity index is 203. The summed E-state index contributed by atoms with van der Waals surface area (Å²) < 4.78 is 5.76. The van der Waals surface area contributed by atoms with Crippen molar-refractivity contribution in [1.82, 2.24) is 0 Å². The highest BCUT2D eigenvalue weighted by molar-refractivity contribution is 4.85. The predicted molar refractivity (Wildman–Crippen MR) is 72.0 cm³/mol. The largest absolute Gasteiger partial charge is 0.390 e. The molecule has 0 aromatic heterocycles. The zero-order valence-corrected chi connectivity index (χ0v) is 12.0. The van der Waals surface area contributed by atoms with Gasteiger partial charge in [0.25, 0.3) is 0 Å². The molecule has 2 heteroatoms. The monoisotopic (exact) mass is 242 g/mol. The Labute approximate surface area is 107 Å². The van der Waals surface area contributed by atoms with Gasteiger partial charge in [-0.15, -0.1) is 0 Å². The highest BCUT2D eigenvalue weighted by Gasteiger charge is 2.35. The second-order valence-electron chi connectivity index (χ2n) is 5.77. The Morgan fingerprint density at radius 1 is 1.18 bits per heavy atom. The normalized spacial score (nSPS) is 29.3. The van der Waals surface area contributed by atoms with Crippen molar-refractivity contribution in [1.29, 1.82) is 0 Å². The van der Waals surface area contributed by atoms with E-state index < -0.39 is 0 Å².